The van der Waals surface area contributed by atoms with E-state index in [-0.39, 0.29) is 24.2 Å². The van der Waals surface area contributed by atoms with Gasteiger partial charge < -0.3 is 15.3 Å². The van der Waals surface area contributed by atoms with Crippen LogP contribution in [0.1, 0.15) is 34.8 Å². The zero-order valence-corrected chi connectivity index (χ0v) is 18.0. The molecule has 2 aliphatic rings. The van der Waals surface area contributed by atoms with Gasteiger partial charge in [-0.2, -0.15) is 0 Å². The maximum absolute atomic E-state index is 12.9. The third kappa shape index (κ3) is 4.83. The Morgan fingerprint density at radius 1 is 1.07 bits per heavy atom. The lowest BCUT2D eigenvalue weighted by atomic mass is 9.95. The normalized spacial score (nSPS) is 18.6. The van der Waals surface area contributed by atoms with E-state index >= 15 is 0 Å². The van der Waals surface area contributed by atoms with Crippen molar-refractivity contribution >= 4 is 29.9 Å². The Morgan fingerprint density at radius 2 is 1.77 bits per heavy atom. The minimum Gasteiger partial charge on any atom is -0.384 e. The summed E-state index contributed by atoms with van der Waals surface area (Å²) in [5.41, 5.74) is 2.49. The summed E-state index contributed by atoms with van der Waals surface area (Å²) in [5.74, 6) is 0.0539. The zero-order valence-electron chi connectivity index (χ0n) is 17.1. The molecule has 0 spiro atoms. The largest absolute Gasteiger partial charge is 0.384 e. The van der Waals surface area contributed by atoms with Crippen LogP contribution in [0.25, 0.3) is 0 Å². The third-order valence-corrected chi connectivity index (χ3v) is 5.83. The summed E-state index contributed by atoms with van der Waals surface area (Å²) >= 11 is 0. The number of fused-ring (bicyclic) bond motifs is 1. The molecule has 1 fully saturated rings. The number of amides is 2. The van der Waals surface area contributed by atoms with Gasteiger partial charge in [0.05, 0.1) is 5.60 Å². The number of β-amino-alcohol motifs (C(OH)–C–C–N with tert-alkyl or cyclic N) is 1. The number of anilines is 1. The van der Waals surface area contributed by atoms with E-state index in [0.29, 0.717) is 38.0 Å². The Morgan fingerprint density at radius 3 is 2.47 bits per heavy atom. The molecule has 2 heterocycles. The highest BCUT2D eigenvalue weighted by molar-refractivity contribution is 5.98. The van der Waals surface area contributed by atoms with Crippen molar-refractivity contribution in [1.29, 1.82) is 0 Å². The average molecular weight is 430 g/mol. The lowest BCUT2D eigenvalue weighted by molar-refractivity contribution is -0.116. The van der Waals surface area contributed by atoms with Gasteiger partial charge in [-0.15, -0.1) is 12.4 Å². The first-order chi connectivity index (χ1) is 13.9. The van der Waals surface area contributed by atoms with Gasteiger partial charge in [-0.25, -0.2) is 0 Å². The van der Waals surface area contributed by atoms with Crippen molar-refractivity contribution < 1.29 is 14.7 Å². The predicted molar refractivity (Wildman–Crippen MR) is 119 cm³/mol. The molecule has 160 valence electrons. The van der Waals surface area contributed by atoms with Crippen LogP contribution in [0, 0.1) is 0 Å². The lowest BCUT2D eigenvalue weighted by Gasteiger charge is -2.38. The monoisotopic (exact) mass is 429 g/mol. The number of carbonyl (C=O) groups excluding carboxylic acids is 2. The molecule has 0 aromatic heterocycles. The number of benzene rings is 2. The molecule has 1 atom stereocenters. The second-order valence-electron chi connectivity index (χ2n) is 8.13. The molecule has 0 saturated carbocycles. The molecule has 1 saturated heterocycles. The molecule has 2 N–H and O–H groups in total. The van der Waals surface area contributed by atoms with Gasteiger partial charge in [0, 0.05) is 50.4 Å². The Hall–Kier alpha value is -2.41. The zero-order chi connectivity index (χ0) is 20.4. The van der Waals surface area contributed by atoms with Crippen molar-refractivity contribution in [1.82, 2.24) is 9.80 Å². The standard InChI is InChI=1S/C23H27N3O3.ClH/c1-23(29,19-5-3-2-4-6-19)16-25-11-13-26(14-12-25)22(28)18-7-9-20-17(15-18)8-10-21(27)24-20;/h2-7,9,15,29H,8,10-14,16H2,1H3,(H,24,27);1H. The molecule has 2 aliphatic heterocycles. The van der Waals surface area contributed by atoms with E-state index in [4.69, 9.17) is 0 Å². The number of aliphatic hydroxyl groups is 1. The smallest absolute Gasteiger partial charge is 0.253 e. The van der Waals surface area contributed by atoms with Crippen molar-refractivity contribution in [3.63, 3.8) is 0 Å². The molecule has 2 amide bonds. The van der Waals surface area contributed by atoms with E-state index in [9.17, 15) is 14.7 Å². The molecule has 1 unspecified atom stereocenters. The Labute approximate surface area is 183 Å². The summed E-state index contributed by atoms with van der Waals surface area (Å²) in [7, 11) is 0. The summed E-state index contributed by atoms with van der Waals surface area (Å²) in [6.07, 6.45) is 1.13. The molecule has 0 aliphatic carbocycles. The topological polar surface area (TPSA) is 72.9 Å². The Balaban J connectivity index is 0.00000256. The fraction of sp³-hybridized carbons (Fsp3) is 0.391. The Bertz CT molecular complexity index is 909. The second-order valence-corrected chi connectivity index (χ2v) is 8.13. The first-order valence-corrected chi connectivity index (χ1v) is 10.1. The highest BCUT2D eigenvalue weighted by Gasteiger charge is 2.29. The third-order valence-electron chi connectivity index (χ3n) is 5.83. The minimum atomic E-state index is -0.920. The number of nitrogens with zero attached hydrogens (tertiary/aromatic N) is 2. The van der Waals surface area contributed by atoms with Crippen molar-refractivity contribution in [3.8, 4) is 0 Å². The van der Waals surface area contributed by atoms with Crippen molar-refractivity contribution in [3.05, 3.63) is 65.2 Å². The highest BCUT2D eigenvalue weighted by Crippen LogP contribution is 2.25. The SMILES string of the molecule is CC(O)(CN1CCN(C(=O)c2ccc3c(c2)CCC(=O)N3)CC1)c1ccccc1.Cl. The summed E-state index contributed by atoms with van der Waals surface area (Å²) in [6.45, 7) is 5.11. The first kappa shape index (κ1) is 22.3. The van der Waals surface area contributed by atoms with Gasteiger partial charge in [-0.05, 0) is 42.7 Å². The molecule has 6 nitrogen and oxygen atoms in total. The molecular weight excluding hydrogens is 402 g/mol. The number of hydrogen-bond donors (Lipinski definition) is 2. The highest BCUT2D eigenvalue weighted by atomic mass is 35.5. The molecule has 30 heavy (non-hydrogen) atoms. The number of rotatable bonds is 4. The second kappa shape index (κ2) is 9.16. The molecule has 2 aromatic rings. The summed E-state index contributed by atoms with van der Waals surface area (Å²) in [6, 6.07) is 15.2. The van der Waals surface area contributed by atoms with E-state index < -0.39 is 5.60 Å². The number of aryl methyl sites for hydroxylation is 1. The molecule has 4 rings (SSSR count). The summed E-state index contributed by atoms with van der Waals surface area (Å²) < 4.78 is 0. The first-order valence-electron chi connectivity index (χ1n) is 10.1. The molecule has 0 radical (unpaired) electrons. The van der Waals surface area contributed by atoms with Crippen molar-refractivity contribution in [2.45, 2.75) is 25.4 Å². The maximum Gasteiger partial charge on any atom is 0.253 e. The van der Waals surface area contributed by atoms with Crippen LogP contribution >= 0.6 is 12.4 Å². The Kier molecular flexibility index (Phi) is 6.81. The minimum absolute atomic E-state index is 0. The van der Waals surface area contributed by atoms with Crippen LogP contribution in [0.5, 0.6) is 0 Å². The van der Waals surface area contributed by atoms with E-state index in [1.165, 1.54) is 0 Å². The van der Waals surface area contributed by atoms with Gasteiger partial charge in [0.2, 0.25) is 5.91 Å². The van der Waals surface area contributed by atoms with E-state index in [1.54, 1.807) is 6.07 Å². The number of piperazine rings is 1. The van der Waals surface area contributed by atoms with Gasteiger partial charge in [0.25, 0.3) is 5.91 Å². The number of carbonyl (C=O) groups is 2. The van der Waals surface area contributed by atoms with Gasteiger partial charge in [-0.1, -0.05) is 30.3 Å². The van der Waals surface area contributed by atoms with Crippen LogP contribution in [0.15, 0.2) is 48.5 Å². The number of hydrogen-bond acceptors (Lipinski definition) is 4. The van der Waals surface area contributed by atoms with Crippen LogP contribution in [-0.4, -0.2) is 59.4 Å². The average Bonchev–Trinajstić information content (AvgIpc) is 2.74. The molecular formula is C23H28ClN3O3. The maximum atomic E-state index is 12.9. The van der Waals surface area contributed by atoms with Crippen LogP contribution < -0.4 is 5.32 Å². The predicted octanol–water partition coefficient (Wildman–Crippen LogP) is 2.66. The fourth-order valence-electron chi connectivity index (χ4n) is 4.13. The van der Waals surface area contributed by atoms with Gasteiger partial charge in [-0.3, -0.25) is 14.5 Å². The van der Waals surface area contributed by atoms with Gasteiger partial charge in [0.1, 0.15) is 0 Å². The number of halogens is 1. The molecule has 7 heteroatoms. The lowest BCUT2D eigenvalue weighted by Crippen LogP contribution is -2.51. The van der Waals surface area contributed by atoms with Crippen LogP contribution in [-0.2, 0) is 16.8 Å². The van der Waals surface area contributed by atoms with E-state index in [1.807, 2.05) is 54.3 Å². The van der Waals surface area contributed by atoms with E-state index in [0.717, 1.165) is 29.9 Å². The van der Waals surface area contributed by atoms with Crippen LogP contribution in [0.4, 0.5) is 5.69 Å². The van der Waals surface area contributed by atoms with Crippen LogP contribution in [0.2, 0.25) is 0 Å². The number of nitrogens with one attached hydrogen (secondary N) is 1. The van der Waals surface area contributed by atoms with Crippen LogP contribution in [0.3, 0.4) is 0 Å². The fourth-order valence-corrected chi connectivity index (χ4v) is 4.13. The summed E-state index contributed by atoms with van der Waals surface area (Å²) in [5, 5.41) is 13.7. The summed E-state index contributed by atoms with van der Waals surface area (Å²) in [4.78, 5) is 28.5. The van der Waals surface area contributed by atoms with Gasteiger partial charge in [0.15, 0.2) is 0 Å². The quantitative estimate of drug-likeness (QED) is 0.783. The molecule has 2 aromatic carbocycles. The van der Waals surface area contributed by atoms with Crippen molar-refractivity contribution in [2.24, 2.45) is 0 Å². The molecule has 0 bridgehead atoms. The van der Waals surface area contributed by atoms with Crippen molar-refractivity contribution in [2.75, 3.05) is 38.0 Å². The van der Waals surface area contributed by atoms with Gasteiger partial charge >= 0.3 is 0 Å². The van der Waals surface area contributed by atoms with E-state index in [2.05, 4.69) is 10.2 Å².